The molecular formula is C15H22N2O3S. The first-order valence-electron chi connectivity index (χ1n) is 7.56. The van der Waals surface area contributed by atoms with Crippen molar-refractivity contribution in [2.24, 2.45) is 5.92 Å². The molecular weight excluding hydrogens is 288 g/mol. The number of rotatable bonds is 5. The Morgan fingerprint density at radius 1 is 1.38 bits per heavy atom. The Kier molecular flexibility index (Phi) is 5.24. The fourth-order valence-corrected chi connectivity index (χ4v) is 3.69. The lowest BCUT2D eigenvalue weighted by atomic mass is 9.97. The SMILES string of the molecule is O=C(NC[C@@H]([C@@H]1CCOC1)N1CCOCC1)c1cccs1. The van der Waals surface area contributed by atoms with Gasteiger partial charge in [-0.15, -0.1) is 11.3 Å². The van der Waals surface area contributed by atoms with Gasteiger partial charge in [0.15, 0.2) is 0 Å². The normalized spacial score (nSPS) is 24.9. The predicted molar refractivity (Wildman–Crippen MR) is 81.8 cm³/mol. The molecule has 1 aromatic rings. The van der Waals surface area contributed by atoms with Gasteiger partial charge in [-0.1, -0.05) is 6.07 Å². The van der Waals surface area contributed by atoms with Gasteiger partial charge in [-0.2, -0.15) is 0 Å². The van der Waals surface area contributed by atoms with Gasteiger partial charge in [-0.25, -0.2) is 0 Å². The largest absolute Gasteiger partial charge is 0.381 e. The van der Waals surface area contributed by atoms with Crippen molar-refractivity contribution in [3.63, 3.8) is 0 Å². The van der Waals surface area contributed by atoms with Crippen molar-refractivity contribution in [3.8, 4) is 0 Å². The quantitative estimate of drug-likeness (QED) is 0.888. The molecule has 1 amide bonds. The van der Waals surface area contributed by atoms with Gasteiger partial charge in [0.2, 0.25) is 0 Å². The summed E-state index contributed by atoms with van der Waals surface area (Å²) in [6.45, 7) is 5.77. The number of amides is 1. The molecule has 6 heteroatoms. The highest BCUT2D eigenvalue weighted by atomic mass is 32.1. The number of morpholine rings is 1. The number of hydrogen-bond donors (Lipinski definition) is 1. The molecule has 0 bridgehead atoms. The van der Waals surface area contributed by atoms with Crippen LogP contribution in [0.15, 0.2) is 17.5 Å². The molecule has 116 valence electrons. The number of nitrogens with zero attached hydrogens (tertiary/aromatic N) is 1. The van der Waals surface area contributed by atoms with Gasteiger partial charge in [-0.05, 0) is 17.9 Å². The zero-order chi connectivity index (χ0) is 14.5. The van der Waals surface area contributed by atoms with Crippen molar-refractivity contribution in [1.82, 2.24) is 10.2 Å². The van der Waals surface area contributed by atoms with Gasteiger partial charge in [0.1, 0.15) is 0 Å². The molecule has 2 saturated heterocycles. The van der Waals surface area contributed by atoms with E-state index in [0.717, 1.165) is 50.8 Å². The van der Waals surface area contributed by atoms with Crippen LogP contribution in [0.4, 0.5) is 0 Å². The van der Waals surface area contributed by atoms with E-state index >= 15 is 0 Å². The summed E-state index contributed by atoms with van der Waals surface area (Å²) in [5, 5.41) is 5.02. The van der Waals surface area contributed by atoms with Crippen LogP contribution in [0.1, 0.15) is 16.1 Å². The van der Waals surface area contributed by atoms with Gasteiger partial charge in [-0.3, -0.25) is 9.69 Å². The van der Waals surface area contributed by atoms with Crippen LogP contribution in [-0.4, -0.2) is 62.9 Å². The molecule has 21 heavy (non-hydrogen) atoms. The fourth-order valence-electron chi connectivity index (χ4n) is 3.05. The molecule has 0 aromatic carbocycles. The highest BCUT2D eigenvalue weighted by Crippen LogP contribution is 2.22. The molecule has 0 spiro atoms. The zero-order valence-corrected chi connectivity index (χ0v) is 12.9. The average Bonchev–Trinajstić information content (AvgIpc) is 3.22. The summed E-state index contributed by atoms with van der Waals surface area (Å²) in [4.78, 5) is 15.4. The minimum absolute atomic E-state index is 0.0298. The number of hydrogen-bond acceptors (Lipinski definition) is 5. The van der Waals surface area contributed by atoms with Crippen LogP contribution in [0.3, 0.4) is 0 Å². The molecule has 0 saturated carbocycles. The summed E-state index contributed by atoms with van der Waals surface area (Å²) in [5.41, 5.74) is 0. The molecule has 3 rings (SSSR count). The fraction of sp³-hybridized carbons (Fsp3) is 0.667. The number of thiophene rings is 1. The summed E-state index contributed by atoms with van der Waals surface area (Å²) in [5.74, 6) is 0.536. The summed E-state index contributed by atoms with van der Waals surface area (Å²) in [6, 6.07) is 4.12. The number of ether oxygens (including phenoxy) is 2. The molecule has 2 fully saturated rings. The van der Waals surface area contributed by atoms with E-state index < -0.39 is 0 Å². The second kappa shape index (κ2) is 7.35. The van der Waals surface area contributed by atoms with Gasteiger partial charge in [0.05, 0.1) is 24.7 Å². The molecule has 0 radical (unpaired) electrons. The molecule has 2 aliphatic heterocycles. The lowest BCUT2D eigenvalue weighted by molar-refractivity contribution is 0.00167. The molecule has 2 atom stereocenters. The van der Waals surface area contributed by atoms with E-state index in [4.69, 9.17) is 9.47 Å². The van der Waals surface area contributed by atoms with Crippen LogP contribution < -0.4 is 5.32 Å². The van der Waals surface area contributed by atoms with E-state index in [9.17, 15) is 4.79 Å². The van der Waals surface area contributed by atoms with Gasteiger partial charge >= 0.3 is 0 Å². The predicted octanol–water partition coefficient (Wildman–Crippen LogP) is 1.22. The Morgan fingerprint density at radius 3 is 2.90 bits per heavy atom. The Morgan fingerprint density at radius 2 is 2.24 bits per heavy atom. The maximum Gasteiger partial charge on any atom is 0.261 e. The topological polar surface area (TPSA) is 50.8 Å². The molecule has 2 aliphatic rings. The van der Waals surface area contributed by atoms with Crippen molar-refractivity contribution < 1.29 is 14.3 Å². The van der Waals surface area contributed by atoms with E-state index in [0.29, 0.717) is 18.5 Å². The number of carbonyl (C=O) groups excluding carboxylic acids is 1. The van der Waals surface area contributed by atoms with Gasteiger partial charge < -0.3 is 14.8 Å². The van der Waals surface area contributed by atoms with Crippen molar-refractivity contribution >= 4 is 17.2 Å². The third kappa shape index (κ3) is 3.83. The Balaban J connectivity index is 1.59. The summed E-state index contributed by atoms with van der Waals surface area (Å²) < 4.78 is 11.0. The third-order valence-electron chi connectivity index (χ3n) is 4.24. The van der Waals surface area contributed by atoms with E-state index in [1.54, 1.807) is 0 Å². The average molecular weight is 310 g/mol. The van der Waals surface area contributed by atoms with Crippen molar-refractivity contribution in [2.45, 2.75) is 12.5 Å². The molecule has 0 unspecified atom stereocenters. The second-order valence-electron chi connectivity index (χ2n) is 5.53. The Hall–Kier alpha value is -0.950. The van der Waals surface area contributed by atoms with Gasteiger partial charge in [0.25, 0.3) is 5.91 Å². The number of carbonyl (C=O) groups is 1. The number of nitrogens with one attached hydrogen (secondary N) is 1. The standard InChI is InChI=1S/C15H22N2O3S/c18-15(14-2-1-9-21-14)16-10-13(12-3-6-20-11-12)17-4-7-19-8-5-17/h1-2,9,12-13H,3-8,10-11H2,(H,16,18)/t12-,13+/m1/s1. The second-order valence-corrected chi connectivity index (χ2v) is 6.47. The van der Waals surface area contributed by atoms with Crippen LogP contribution in [0.25, 0.3) is 0 Å². The van der Waals surface area contributed by atoms with Gasteiger partial charge in [0, 0.05) is 38.2 Å². The lowest BCUT2D eigenvalue weighted by Gasteiger charge is -2.37. The summed E-state index contributed by atoms with van der Waals surface area (Å²) >= 11 is 1.48. The summed E-state index contributed by atoms with van der Waals surface area (Å²) in [6.07, 6.45) is 1.08. The Bertz CT molecular complexity index is 440. The van der Waals surface area contributed by atoms with E-state index in [2.05, 4.69) is 10.2 Å². The maximum absolute atomic E-state index is 12.1. The molecule has 0 aliphatic carbocycles. The van der Waals surface area contributed by atoms with Crippen LogP contribution >= 0.6 is 11.3 Å². The first-order chi connectivity index (χ1) is 10.3. The molecule has 5 nitrogen and oxygen atoms in total. The Labute approximate surface area is 129 Å². The van der Waals surface area contributed by atoms with Crippen molar-refractivity contribution in [2.75, 3.05) is 46.1 Å². The minimum Gasteiger partial charge on any atom is -0.381 e. The van der Waals surface area contributed by atoms with Crippen LogP contribution in [-0.2, 0) is 9.47 Å². The minimum atomic E-state index is 0.0298. The van der Waals surface area contributed by atoms with E-state index in [-0.39, 0.29) is 5.91 Å². The van der Waals surface area contributed by atoms with E-state index in [1.165, 1.54) is 11.3 Å². The highest BCUT2D eigenvalue weighted by molar-refractivity contribution is 7.12. The molecule has 1 N–H and O–H groups in total. The summed E-state index contributed by atoms with van der Waals surface area (Å²) in [7, 11) is 0. The maximum atomic E-state index is 12.1. The highest BCUT2D eigenvalue weighted by Gasteiger charge is 2.31. The zero-order valence-electron chi connectivity index (χ0n) is 12.1. The smallest absolute Gasteiger partial charge is 0.261 e. The third-order valence-corrected chi connectivity index (χ3v) is 5.11. The first kappa shape index (κ1) is 15.0. The lowest BCUT2D eigenvalue weighted by Crippen LogP contribution is -2.52. The van der Waals surface area contributed by atoms with Crippen LogP contribution in [0.2, 0.25) is 0 Å². The first-order valence-corrected chi connectivity index (χ1v) is 8.44. The van der Waals surface area contributed by atoms with Crippen LogP contribution in [0.5, 0.6) is 0 Å². The monoisotopic (exact) mass is 310 g/mol. The molecule has 1 aromatic heterocycles. The van der Waals surface area contributed by atoms with Crippen molar-refractivity contribution in [3.05, 3.63) is 22.4 Å². The molecule has 3 heterocycles. The van der Waals surface area contributed by atoms with Crippen molar-refractivity contribution in [1.29, 1.82) is 0 Å². The van der Waals surface area contributed by atoms with E-state index in [1.807, 2.05) is 17.5 Å². The van der Waals surface area contributed by atoms with Crippen LogP contribution in [0, 0.1) is 5.92 Å².